The molecule has 1 heterocycles. The lowest BCUT2D eigenvalue weighted by Crippen LogP contribution is -2.34. The highest BCUT2D eigenvalue weighted by molar-refractivity contribution is 6.04. The van der Waals surface area contributed by atoms with Crippen LogP contribution in [0.15, 0.2) is 48.5 Å². The average molecular weight is 349 g/mol. The van der Waals surface area contributed by atoms with Gasteiger partial charge in [-0.2, -0.15) is 5.26 Å². The predicted octanol–water partition coefficient (Wildman–Crippen LogP) is 3.01. The molecular weight excluding hydrogens is 326 g/mol. The number of hydrogen-bond acceptors (Lipinski definition) is 4. The maximum atomic E-state index is 12.4. The Morgan fingerprint density at radius 3 is 2.58 bits per heavy atom. The van der Waals surface area contributed by atoms with Crippen LogP contribution in [0.5, 0.6) is 0 Å². The van der Waals surface area contributed by atoms with Crippen molar-refractivity contribution in [2.75, 3.05) is 25.0 Å². The molecule has 2 N–H and O–H groups in total. The molecule has 2 aromatic rings. The van der Waals surface area contributed by atoms with Gasteiger partial charge in [0.15, 0.2) is 0 Å². The molecule has 26 heavy (non-hydrogen) atoms. The van der Waals surface area contributed by atoms with E-state index in [1.807, 2.05) is 24.3 Å². The molecule has 0 aromatic heterocycles. The number of anilines is 1. The Balaban J connectivity index is 1.57. The molecule has 0 spiro atoms. The fourth-order valence-corrected chi connectivity index (χ4v) is 3.22. The maximum absolute atomic E-state index is 12.4. The number of aliphatic hydroxyl groups is 1. The third-order valence-corrected chi connectivity index (χ3v) is 4.84. The number of nitriles is 1. The number of nitrogens with one attached hydrogen (secondary N) is 1. The zero-order valence-electron chi connectivity index (χ0n) is 14.7. The van der Waals surface area contributed by atoms with E-state index in [9.17, 15) is 9.90 Å². The van der Waals surface area contributed by atoms with Gasteiger partial charge in [-0.3, -0.25) is 9.69 Å². The number of carbonyl (C=O) groups excluding carboxylic acids is 1. The van der Waals surface area contributed by atoms with E-state index in [4.69, 9.17) is 5.26 Å². The molecule has 1 fully saturated rings. The van der Waals surface area contributed by atoms with Crippen LogP contribution in [0.4, 0.5) is 5.69 Å². The van der Waals surface area contributed by atoms with E-state index in [1.54, 1.807) is 24.3 Å². The molecule has 3 rings (SSSR count). The molecule has 0 aliphatic carbocycles. The molecule has 0 unspecified atom stereocenters. The minimum absolute atomic E-state index is 0.185. The molecular formula is C21H23N3O2. The highest BCUT2D eigenvalue weighted by Gasteiger charge is 2.18. The van der Waals surface area contributed by atoms with Crippen LogP contribution in [0, 0.1) is 17.2 Å². The number of aliphatic hydroxyl groups excluding tert-OH is 1. The summed E-state index contributed by atoms with van der Waals surface area (Å²) in [6, 6.07) is 16.6. The molecule has 0 bridgehead atoms. The molecule has 0 atom stereocenters. The van der Waals surface area contributed by atoms with E-state index in [-0.39, 0.29) is 12.5 Å². The Morgan fingerprint density at radius 1 is 1.19 bits per heavy atom. The van der Waals surface area contributed by atoms with Crippen LogP contribution in [0.1, 0.15) is 34.3 Å². The zero-order chi connectivity index (χ0) is 18.4. The van der Waals surface area contributed by atoms with Crippen molar-refractivity contribution in [2.24, 2.45) is 5.92 Å². The Morgan fingerprint density at radius 2 is 1.92 bits per heavy atom. The average Bonchev–Trinajstić information content (AvgIpc) is 2.69. The zero-order valence-corrected chi connectivity index (χ0v) is 14.7. The van der Waals surface area contributed by atoms with Crippen molar-refractivity contribution in [1.29, 1.82) is 5.26 Å². The lowest BCUT2D eigenvalue weighted by atomic mass is 9.97. The minimum Gasteiger partial charge on any atom is -0.396 e. The van der Waals surface area contributed by atoms with Crippen LogP contribution < -0.4 is 5.32 Å². The van der Waals surface area contributed by atoms with Gasteiger partial charge >= 0.3 is 0 Å². The summed E-state index contributed by atoms with van der Waals surface area (Å²) in [4.78, 5) is 14.7. The number of nitrogens with zero attached hydrogens (tertiary/aromatic N) is 2. The summed E-state index contributed by atoms with van der Waals surface area (Å²) in [6.07, 6.45) is 2.08. The molecule has 134 valence electrons. The number of carbonyl (C=O) groups is 1. The number of amides is 1. The summed E-state index contributed by atoms with van der Waals surface area (Å²) in [5, 5.41) is 21.0. The predicted molar refractivity (Wildman–Crippen MR) is 101 cm³/mol. The van der Waals surface area contributed by atoms with Crippen molar-refractivity contribution >= 4 is 11.6 Å². The molecule has 1 saturated heterocycles. The summed E-state index contributed by atoms with van der Waals surface area (Å²) in [5.74, 6) is 0.257. The first kappa shape index (κ1) is 18.1. The van der Waals surface area contributed by atoms with Gasteiger partial charge in [-0.1, -0.05) is 18.2 Å². The van der Waals surface area contributed by atoms with E-state index in [0.717, 1.165) is 32.5 Å². The van der Waals surface area contributed by atoms with Crippen LogP contribution in [0.2, 0.25) is 0 Å². The lowest BCUT2D eigenvalue weighted by Gasteiger charge is -2.31. The first-order valence-electron chi connectivity index (χ1n) is 8.91. The SMILES string of the molecule is N#Cc1cccc(NC(=O)c2ccc(CN3CCC(CO)CC3)cc2)c1. The van der Waals surface area contributed by atoms with E-state index in [1.165, 1.54) is 5.56 Å². The van der Waals surface area contributed by atoms with Gasteiger partial charge in [0, 0.05) is 24.4 Å². The van der Waals surface area contributed by atoms with Crippen molar-refractivity contribution in [3.8, 4) is 6.07 Å². The normalized spacial score (nSPS) is 15.4. The number of hydrogen-bond donors (Lipinski definition) is 2. The third kappa shape index (κ3) is 4.69. The number of piperidine rings is 1. The second-order valence-corrected chi connectivity index (χ2v) is 6.75. The Kier molecular flexibility index (Phi) is 6.00. The van der Waals surface area contributed by atoms with Gasteiger partial charge in [0.1, 0.15) is 0 Å². The first-order chi connectivity index (χ1) is 12.7. The summed E-state index contributed by atoms with van der Waals surface area (Å²) >= 11 is 0. The highest BCUT2D eigenvalue weighted by atomic mass is 16.3. The fourth-order valence-electron chi connectivity index (χ4n) is 3.22. The topological polar surface area (TPSA) is 76.4 Å². The van der Waals surface area contributed by atoms with Gasteiger partial charge in [0.25, 0.3) is 5.91 Å². The smallest absolute Gasteiger partial charge is 0.255 e. The molecule has 1 aliphatic heterocycles. The van der Waals surface area contributed by atoms with Gasteiger partial charge in [0.05, 0.1) is 11.6 Å². The minimum atomic E-state index is -0.185. The largest absolute Gasteiger partial charge is 0.396 e. The van der Waals surface area contributed by atoms with Crippen molar-refractivity contribution in [2.45, 2.75) is 19.4 Å². The van der Waals surface area contributed by atoms with Crippen LogP contribution >= 0.6 is 0 Å². The van der Waals surface area contributed by atoms with Crippen LogP contribution in [0.3, 0.4) is 0 Å². The van der Waals surface area contributed by atoms with Crippen LogP contribution in [-0.2, 0) is 6.54 Å². The van der Waals surface area contributed by atoms with Gasteiger partial charge in [0.2, 0.25) is 0 Å². The Labute approximate surface area is 153 Å². The Bertz CT molecular complexity index is 788. The van der Waals surface area contributed by atoms with E-state index < -0.39 is 0 Å². The number of rotatable bonds is 5. The van der Waals surface area contributed by atoms with Gasteiger partial charge in [-0.25, -0.2) is 0 Å². The van der Waals surface area contributed by atoms with Crippen molar-refractivity contribution in [3.05, 3.63) is 65.2 Å². The standard InChI is InChI=1S/C21H23N3O2/c22-13-18-2-1-3-20(12-18)23-21(26)19-6-4-16(5-7-19)14-24-10-8-17(15-25)9-11-24/h1-7,12,17,25H,8-11,14-15H2,(H,23,26). The van der Waals surface area contributed by atoms with Crippen LogP contribution in [0.25, 0.3) is 0 Å². The second-order valence-electron chi connectivity index (χ2n) is 6.75. The first-order valence-corrected chi connectivity index (χ1v) is 8.91. The monoisotopic (exact) mass is 349 g/mol. The molecule has 5 heteroatoms. The molecule has 1 aliphatic rings. The quantitative estimate of drug-likeness (QED) is 0.870. The molecule has 5 nitrogen and oxygen atoms in total. The molecule has 1 amide bonds. The van der Waals surface area contributed by atoms with Crippen molar-refractivity contribution in [3.63, 3.8) is 0 Å². The maximum Gasteiger partial charge on any atom is 0.255 e. The van der Waals surface area contributed by atoms with Gasteiger partial charge < -0.3 is 10.4 Å². The summed E-state index contributed by atoms with van der Waals surface area (Å²) in [5.41, 5.74) is 2.90. The van der Waals surface area contributed by atoms with Gasteiger partial charge in [-0.05, 0) is 67.7 Å². The van der Waals surface area contributed by atoms with Crippen molar-refractivity contribution < 1.29 is 9.90 Å². The Hall–Kier alpha value is -2.68. The highest BCUT2D eigenvalue weighted by Crippen LogP contribution is 2.19. The molecule has 2 aromatic carbocycles. The fraction of sp³-hybridized carbons (Fsp3) is 0.333. The summed E-state index contributed by atoms with van der Waals surface area (Å²) in [7, 11) is 0. The lowest BCUT2D eigenvalue weighted by molar-refractivity contribution is 0.102. The van der Waals surface area contributed by atoms with Crippen LogP contribution in [-0.4, -0.2) is 35.6 Å². The van der Waals surface area contributed by atoms with Crippen molar-refractivity contribution in [1.82, 2.24) is 4.90 Å². The van der Waals surface area contributed by atoms with E-state index in [0.29, 0.717) is 22.7 Å². The third-order valence-electron chi connectivity index (χ3n) is 4.84. The second kappa shape index (κ2) is 8.61. The number of benzene rings is 2. The summed E-state index contributed by atoms with van der Waals surface area (Å²) in [6.45, 7) is 3.16. The molecule has 0 radical (unpaired) electrons. The summed E-state index contributed by atoms with van der Waals surface area (Å²) < 4.78 is 0. The van der Waals surface area contributed by atoms with E-state index in [2.05, 4.69) is 16.3 Å². The molecule has 0 saturated carbocycles. The number of likely N-dealkylation sites (tertiary alicyclic amines) is 1. The van der Waals surface area contributed by atoms with E-state index >= 15 is 0 Å². The van der Waals surface area contributed by atoms with Gasteiger partial charge in [-0.15, -0.1) is 0 Å².